The summed E-state index contributed by atoms with van der Waals surface area (Å²) in [4.78, 5) is 4.13. The minimum Gasteiger partial charge on any atom is -0.352 e. The van der Waals surface area contributed by atoms with Gasteiger partial charge >= 0.3 is 0 Å². The lowest BCUT2D eigenvalue weighted by Crippen LogP contribution is -2.38. The maximum atomic E-state index is 13.8. The molecule has 0 aliphatic heterocycles. The number of halogens is 3. The van der Waals surface area contributed by atoms with Crippen LogP contribution in [0.15, 0.2) is 47.5 Å². The van der Waals surface area contributed by atoms with Crippen LogP contribution in [-0.2, 0) is 6.54 Å². The van der Waals surface area contributed by atoms with Crippen LogP contribution in [-0.4, -0.2) is 13.0 Å². The molecule has 4 nitrogen and oxygen atoms in total. The zero-order valence-corrected chi connectivity index (χ0v) is 17.0. The Labute approximate surface area is 169 Å². The summed E-state index contributed by atoms with van der Waals surface area (Å²) in [7, 11) is 1.64. The van der Waals surface area contributed by atoms with Crippen LogP contribution < -0.4 is 10.6 Å². The molecule has 0 aliphatic rings. The second-order valence-electron chi connectivity index (χ2n) is 5.23. The molecule has 7 heteroatoms. The molecule has 132 valence electrons. The Balaban J connectivity index is 0.00000312. The van der Waals surface area contributed by atoms with Crippen LogP contribution in [0.1, 0.15) is 29.7 Å². The molecular formula is C18H19ClFIN4. The second kappa shape index (κ2) is 10.2. The van der Waals surface area contributed by atoms with Gasteiger partial charge in [-0.2, -0.15) is 5.26 Å². The van der Waals surface area contributed by atoms with Crippen molar-refractivity contribution < 1.29 is 4.39 Å². The largest absolute Gasteiger partial charge is 0.352 e. The van der Waals surface area contributed by atoms with E-state index in [0.717, 1.165) is 5.56 Å². The molecule has 0 fully saturated rings. The summed E-state index contributed by atoms with van der Waals surface area (Å²) < 4.78 is 13.8. The molecule has 2 aromatic carbocycles. The summed E-state index contributed by atoms with van der Waals surface area (Å²) in [5, 5.41) is 15.8. The monoisotopic (exact) mass is 472 g/mol. The normalized spacial score (nSPS) is 11.9. The van der Waals surface area contributed by atoms with E-state index in [0.29, 0.717) is 22.1 Å². The third kappa shape index (κ3) is 5.87. The molecule has 2 rings (SSSR count). The third-order valence-electron chi connectivity index (χ3n) is 3.57. The molecule has 1 atom stereocenters. The predicted molar refractivity (Wildman–Crippen MR) is 110 cm³/mol. The van der Waals surface area contributed by atoms with Gasteiger partial charge in [-0.1, -0.05) is 29.8 Å². The first kappa shape index (κ1) is 21.2. The van der Waals surface area contributed by atoms with Gasteiger partial charge in [-0.3, -0.25) is 4.99 Å². The van der Waals surface area contributed by atoms with E-state index in [-0.39, 0.29) is 42.4 Å². The van der Waals surface area contributed by atoms with Crippen LogP contribution in [0.4, 0.5) is 4.39 Å². The Morgan fingerprint density at radius 2 is 2.04 bits per heavy atom. The molecule has 1 unspecified atom stereocenters. The SMILES string of the molecule is CN=C(NCc1cc(C#N)ccc1F)NC(C)c1ccccc1Cl.I. The van der Waals surface area contributed by atoms with Crippen molar-refractivity contribution >= 4 is 41.5 Å². The van der Waals surface area contributed by atoms with Crippen LogP contribution in [0.2, 0.25) is 5.02 Å². The number of hydrogen-bond acceptors (Lipinski definition) is 2. The molecular weight excluding hydrogens is 454 g/mol. The van der Waals surface area contributed by atoms with Crippen molar-refractivity contribution in [2.45, 2.75) is 19.5 Å². The fourth-order valence-corrected chi connectivity index (χ4v) is 2.56. The average molecular weight is 473 g/mol. The number of benzene rings is 2. The van der Waals surface area contributed by atoms with Gasteiger partial charge < -0.3 is 10.6 Å². The summed E-state index contributed by atoms with van der Waals surface area (Å²) >= 11 is 6.19. The van der Waals surface area contributed by atoms with Gasteiger partial charge in [-0.05, 0) is 36.8 Å². The van der Waals surface area contributed by atoms with Gasteiger partial charge in [0.15, 0.2) is 5.96 Å². The van der Waals surface area contributed by atoms with Crippen LogP contribution in [0.5, 0.6) is 0 Å². The second-order valence-corrected chi connectivity index (χ2v) is 5.64. The minimum absolute atomic E-state index is 0. The first-order valence-electron chi connectivity index (χ1n) is 7.45. The Hall–Kier alpha value is -1.85. The highest BCUT2D eigenvalue weighted by atomic mass is 127. The first-order chi connectivity index (χ1) is 11.5. The van der Waals surface area contributed by atoms with Gasteiger partial charge in [0.05, 0.1) is 17.7 Å². The highest BCUT2D eigenvalue weighted by Crippen LogP contribution is 2.22. The molecule has 0 bridgehead atoms. The summed E-state index contributed by atoms with van der Waals surface area (Å²) in [5.41, 5.74) is 1.77. The van der Waals surface area contributed by atoms with Gasteiger partial charge in [-0.25, -0.2) is 4.39 Å². The Morgan fingerprint density at radius 3 is 2.68 bits per heavy atom. The van der Waals surface area contributed by atoms with Crippen molar-refractivity contribution in [1.82, 2.24) is 10.6 Å². The highest BCUT2D eigenvalue weighted by Gasteiger charge is 2.11. The van der Waals surface area contributed by atoms with Gasteiger partial charge in [0.1, 0.15) is 5.82 Å². The lowest BCUT2D eigenvalue weighted by Gasteiger charge is -2.19. The van der Waals surface area contributed by atoms with Crippen molar-refractivity contribution in [1.29, 1.82) is 5.26 Å². The van der Waals surface area contributed by atoms with Crippen molar-refractivity contribution in [2.24, 2.45) is 4.99 Å². The van der Waals surface area contributed by atoms with E-state index in [4.69, 9.17) is 16.9 Å². The summed E-state index contributed by atoms with van der Waals surface area (Å²) in [6.45, 7) is 2.18. The topological polar surface area (TPSA) is 60.2 Å². The Morgan fingerprint density at radius 1 is 1.32 bits per heavy atom. The van der Waals surface area contributed by atoms with Crippen LogP contribution in [0.3, 0.4) is 0 Å². The number of nitrogens with zero attached hydrogens (tertiary/aromatic N) is 2. The molecule has 0 radical (unpaired) electrons. The maximum Gasteiger partial charge on any atom is 0.191 e. The van der Waals surface area contributed by atoms with Gasteiger partial charge in [0.25, 0.3) is 0 Å². The number of nitriles is 1. The van der Waals surface area contributed by atoms with Crippen LogP contribution in [0, 0.1) is 17.1 Å². The Bertz CT molecular complexity index is 789. The molecule has 0 aliphatic carbocycles. The van der Waals surface area contributed by atoms with E-state index in [1.165, 1.54) is 18.2 Å². The summed E-state index contributed by atoms with van der Waals surface area (Å²) in [5.74, 6) is 0.153. The van der Waals surface area contributed by atoms with Gasteiger partial charge in [-0.15, -0.1) is 24.0 Å². The molecule has 2 aromatic rings. The van der Waals surface area contributed by atoms with Gasteiger partial charge in [0.2, 0.25) is 0 Å². The quantitative estimate of drug-likeness (QED) is 0.394. The smallest absolute Gasteiger partial charge is 0.191 e. The van der Waals surface area contributed by atoms with Crippen molar-refractivity contribution in [3.8, 4) is 6.07 Å². The van der Waals surface area contributed by atoms with Gasteiger partial charge in [0, 0.05) is 24.2 Å². The number of hydrogen-bond donors (Lipinski definition) is 2. The average Bonchev–Trinajstić information content (AvgIpc) is 2.60. The molecule has 0 saturated heterocycles. The molecule has 0 spiro atoms. The molecule has 0 heterocycles. The van der Waals surface area contributed by atoms with E-state index < -0.39 is 0 Å². The standard InChI is InChI=1S/C18H18ClFN4.HI/c1-12(15-5-3-4-6-16(15)19)24-18(22-2)23-11-14-9-13(10-21)7-8-17(14)20;/h3-9,12H,11H2,1-2H3,(H2,22,23,24);1H. The van der Waals surface area contributed by atoms with Crippen molar-refractivity contribution in [3.05, 3.63) is 70.0 Å². The van der Waals surface area contributed by atoms with E-state index in [1.807, 2.05) is 37.3 Å². The van der Waals surface area contributed by atoms with Crippen LogP contribution in [0.25, 0.3) is 0 Å². The predicted octanol–water partition coefficient (Wildman–Crippen LogP) is 4.39. The molecule has 0 amide bonds. The fourth-order valence-electron chi connectivity index (χ4n) is 2.26. The lowest BCUT2D eigenvalue weighted by molar-refractivity contribution is 0.602. The molecule has 0 aromatic heterocycles. The molecule has 2 N–H and O–H groups in total. The summed E-state index contributed by atoms with van der Waals surface area (Å²) in [6, 6.07) is 13.7. The van der Waals surface area contributed by atoms with E-state index >= 15 is 0 Å². The van der Waals surface area contributed by atoms with Crippen molar-refractivity contribution in [2.75, 3.05) is 7.05 Å². The maximum absolute atomic E-state index is 13.8. The van der Waals surface area contributed by atoms with E-state index in [2.05, 4.69) is 15.6 Å². The van der Waals surface area contributed by atoms with Crippen molar-refractivity contribution in [3.63, 3.8) is 0 Å². The first-order valence-corrected chi connectivity index (χ1v) is 7.83. The fraction of sp³-hybridized carbons (Fsp3) is 0.222. The summed E-state index contributed by atoms with van der Waals surface area (Å²) in [6.07, 6.45) is 0. The van der Waals surface area contributed by atoms with E-state index in [1.54, 1.807) is 7.05 Å². The number of rotatable bonds is 4. The number of guanidine groups is 1. The zero-order valence-electron chi connectivity index (χ0n) is 13.9. The minimum atomic E-state index is -0.365. The van der Waals surface area contributed by atoms with Crippen LogP contribution >= 0.6 is 35.6 Å². The number of nitrogens with one attached hydrogen (secondary N) is 2. The number of aliphatic imine (C=N–C) groups is 1. The highest BCUT2D eigenvalue weighted by molar-refractivity contribution is 14.0. The lowest BCUT2D eigenvalue weighted by atomic mass is 10.1. The molecule has 25 heavy (non-hydrogen) atoms. The zero-order chi connectivity index (χ0) is 17.5. The van der Waals surface area contributed by atoms with E-state index in [9.17, 15) is 4.39 Å². The third-order valence-corrected chi connectivity index (χ3v) is 3.91. The molecule has 0 saturated carbocycles. The Kier molecular flexibility index (Phi) is 8.66.